The Hall–Kier alpha value is -4.46. The normalized spacial score (nSPS) is 17.7. The third kappa shape index (κ3) is 6.96. The van der Waals surface area contributed by atoms with Gasteiger partial charge in [-0.25, -0.2) is 4.79 Å². The minimum absolute atomic E-state index is 0.129. The van der Waals surface area contributed by atoms with Crippen molar-refractivity contribution in [2.45, 2.75) is 32.6 Å². The van der Waals surface area contributed by atoms with E-state index in [0.29, 0.717) is 30.9 Å². The average molecular weight is 578 g/mol. The molecule has 0 saturated carbocycles. The van der Waals surface area contributed by atoms with Gasteiger partial charge in [0.25, 0.3) is 5.91 Å². The van der Waals surface area contributed by atoms with Gasteiger partial charge in [-0.2, -0.15) is 0 Å². The standard InChI is InChI=1S/C36H39N3O4/c1-25-21-39(26(2)23-40)35(41)33-16-10-9-15-32(33)31-14-8-7-13-29(31)24-43-34(25)22-38(3)36(42)37-30-19-17-28(18-20-30)27-11-5-4-6-12-27/h4-20,25-26,34,40H,21-24H2,1-3H3,(H,37,42)/t25-,26+,34-/m1/s1. The number of hydrogen-bond donors (Lipinski definition) is 2. The summed E-state index contributed by atoms with van der Waals surface area (Å²) < 4.78 is 6.54. The maximum absolute atomic E-state index is 14.0. The summed E-state index contributed by atoms with van der Waals surface area (Å²) in [4.78, 5) is 30.6. The van der Waals surface area contributed by atoms with Crippen LogP contribution in [0.2, 0.25) is 0 Å². The molecule has 3 amide bonds. The first-order chi connectivity index (χ1) is 20.9. The molecule has 222 valence electrons. The van der Waals surface area contributed by atoms with Gasteiger partial charge in [0, 0.05) is 37.3 Å². The third-order valence-corrected chi connectivity index (χ3v) is 8.14. The number of aliphatic hydroxyl groups excluding tert-OH is 1. The highest BCUT2D eigenvalue weighted by Crippen LogP contribution is 2.31. The van der Waals surface area contributed by atoms with Crippen molar-refractivity contribution in [1.82, 2.24) is 9.80 Å². The molecule has 4 aromatic rings. The van der Waals surface area contributed by atoms with Gasteiger partial charge < -0.3 is 25.0 Å². The monoisotopic (exact) mass is 577 g/mol. The number of anilines is 1. The number of ether oxygens (including phenoxy) is 1. The molecule has 43 heavy (non-hydrogen) atoms. The molecule has 1 heterocycles. The second kappa shape index (κ2) is 13.7. The van der Waals surface area contributed by atoms with E-state index < -0.39 is 0 Å². The van der Waals surface area contributed by atoms with Crippen molar-refractivity contribution in [3.63, 3.8) is 0 Å². The SMILES string of the molecule is C[C@@H]1CN([C@@H](C)CO)C(=O)c2ccccc2-c2ccccc2CO[C@@H]1CN(C)C(=O)Nc1ccc(-c2ccccc2)cc1. The highest BCUT2D eigenvalue weighted by molar-refractivity contribution is 6.01. The Labute approximate surface area is 253 Å². The van der Waals surface area contributed by atoms with Crippen LogP contribution < -0.4 is 5.32 Å². The van der Waals surface area contributed by atoms with E-state index in [9.17, 15) is 14.7 Å². The predicted octanol–water partition coefficient (Wildman–Crippen LogP) is 6.54. The Bertz CT molecular complexity index is 1540. The van der Waals surface area contributed by atoms with Crippen LogP contribution in [-0.4, -0.2) is 65.7 Å². The van der Waals surface area contributed by atoms with Gasteiger partial charge in [-0.1, -0.05) is 91.9 Å². The van der Waals surface area contributed by atoms with Crippen molar-refractivity contribution in [1.29, 1.82) is 0 Å². The summed E-state index contributed by atoms with van der Waals surface area (Å²) in [5.41, 5.74) is 6.22. The summed E-state index contributed by atoms with van der Waals surface area (Å²) in [5, 5.41) is 13.0. The second-order valence-electron chi connectivity index (χ2n) is 11.3. The summed E-state index contributed by atoms with van der Waals surface area (Å²) in [5.74, 6) is -0.264. The number of aliphatic hydroxyl groups is 1. The van der Waals surface area contributed by atoms with Crippen molar-refractivity contribution in [3.8, 4) is 22.3 Å². The summed E-state index contributed by atoms with van der Waals surface area (Å²) in [6.45, 7) is 4.73. The van der Waals surface area contributed by atoms with Crippen LogP contribution in [0, 0.1) is 5.92 Å². The number of benzene rings is 4. The lowest BCUT2D eigenvalue weighted by atomic mass is 9.94. The van der Waals surface area contributed by atoms with E-state index in [1.54, 1.807) is 16.8 Å². The molecule has 0 radical (unpaired) electrons. The number of carbonyl (C=O) groups excluding carboxylic acids is 2. The maximum atomic E-state index is 14.0. The maximum Gasteiger partial charge on any atom is 0.321 e. The minimum atomic E-state index is -0.389. The zero-order chi connectivity index (χ0) is 30.3. The van der Waals surface area contributed by atoms with Crippen LogP contribution in [0.15, 0.2) is 103 Å². The molecule has 1 aliphatic rings. The van der Waals surface area contributed by atoms with Crippen molar-refractivity contribution in [2.24, 2.45) is 5.92 Å². The summed E-state index contributed by atoms with van der Waals surface area (Å²) >= 11 is 0. The predicted molar refractivity (Wildman–Crippen MR) is 171 cm³/mol. The lowest BCUT2D eigenvalue weighted by Crippen LogP contribution is -2.48. The van der Waals surface area contributed by atoms with Gasteiger partial charge in [-0.15, -0.1) is 0 Å². The van der Waals surface area contributed by atoms with Crippen LogP contribution in [0.1, 0.15) is 29.8 Å². The van der Waals surface area contributed by atoms with Crippen molar-refractivity contribution >= 4 is 17.6 Å². The van der Waals surface area contributed by atoms with E-state index in [0.717, 1.165) is 27.8 Å². The van der Waals surface area contributed by atoms with Gasteiger partial charge >= 0.3 is 6.03 Å². The lowest BCUT2D eigenvalue weighted by Gasteiger charge is -2.35. The van der Waals surface area contributed by atoms with Crippen LogP contribution in [0.25, 0.3) is 22.3 Å². The molecule has 4 aromatic carbocycles. The Morgan fingerprint density at radius 2 is 1.51 bits per heavy atom. The van der Waals surface area contributed by atoms with Gasteiger partial charge in [0.1, 0.15) is 0 Å². The number of urea groups is 1. The summed E-state index contributed by atoms with van der Waals surface area (Å²) in [6, 6.07) is 32.8. The molecule has 0 aliphatic carbocycles. The Morgan fingerprint density at radius 3 is 2.21 bits per heavy atom. The fourth-order valence-electron chi connectivity index (χ4n) is 5.50. The Morgan fingerprint density at radius 1 is 0.907 bits per heavy atom. The molecule has 7 heteroatoms. The first-order valence-electron chi connectivity index (χ1n) is 14.7. The zero-order valence-corrected chi connectivity index (χ0v) is 24.9. The quantitative estimate of drug-likeness (QED) is 0.273. The van der Waals surface area contributed by atoms with E-state index in [-0.39, 0.29) is 36.6 Å². The Kier molecular flexibility index (Phi) is 9.55. The molecule has 2 N–H and O–H groups in total. The van der Waals surface area contributed by atoms with Gasteiger partial charge in [0.15, 0.2) is 0 Å². The van der Waals surface area contributed by atoms with Crippen LogP contribution >= 0.6 is 0 Å². The van der Waals surface area contributed by atoms with Gasteiger partial charge in [0.05, 0.1) is 25.4 Å². The number of rotatable bonds is 6. The molecule has 1 aliphatic heterocycles. The molecule has 0 spiro atoms. The summed E-state index contributed by atoms with van der Waals surface area (Å²) in [6.07, 6.45) is -0.369. The molecule has 0 aromatic heterocycles. The highest BCUT2D eigenvalue weighted by Gasteiger charge is 2.31. The molecule has 0 unspecified atom stereocenters. The first kappa shape index (κ1) is 30.0. The number of amides is 3. The van der Waals surface area contributed by atoms with Crippen LogP contribution in [0.3, 0.4) is 0 Å². The van der Waals surface area contributed by atoms with Gasteiger partial charge in [0.2, 0.25) is 0 Å². The van der Waals surface area contributed by atoms with E-state index in [1.165, 1.54) is 0 Å². The van der Waals surface area contributed by atoms with E-state index in [1.807, 2.05) is 105 Å². The smallest absolute Gasteiger partial charge is 0.321 e. The lowest BCUT2D eigenvalue weighted by molar-refractivity contribution is -0.0178. The molecule has 0 bridgehead atoms. The number of likely N-dealkylation sites (N-methyl/N-ethyl adjacent to an activating group) is 1. The van der Waals surface area contributed by atoms with E-state index >= 15 is 0 Å². The number of carbonyl (C=O) groups is 2. The number of fused-ring (bicyclic) bond motifs is 3. The van der Waals surface area contributed by atoms with Crippen molar-refractivity contribution in [2.75, 3.05) is 32.1 Å². The topological polar surface area (TPSA) is 82.1 Å². The molecule has 7 nitrogen and oxygen atoms in total. The fraction of sp³-hybridized carbons (Fsp3) is 0.278. The zero-order valence-electron chi connectivity index (χ0n) is 24.9. The van der Waals surface area contributed by atoms with Gasteiger partial charge in [-0.3, -0.25) is 4.79 Å². The fourth-order valence-corrected chi connectivity index (χ4v) is 5.50. The van der Waals surface area contributed by atoms with E-state index in [4.69, 9.17) is 4.74 Å². The molecule has 5 rings (SSSR count). The molecule has 3 atom stereocenters. The van der Waals surface area contributed by atoms with Crippen LogP contribution in [0.4, 0.5) is 10.5 Å². The van der Waals surface area contributed by atoms with Crippen LogP contribution in [-0.2, 0) is 11.3 Å². The molecule has 0 fully saturated rings. The summed E-state index contributed by atoms with van der Waals surface area (Å²) in [7, 11) is 1.75. The van der Waals surface area contributed by atoms with Crippen molar-refractivity contribution in [3.05, 3.63) is 114 Å². The number of nitrogens with one attached hydrogen (secondary N) is 1. The third-order valence-electron chi connectivity index (χ3n) is 8.14. The Balaban J connectivity index is 1.36. The van der Waals surface area contributed by atoms with E-state index in [2.05, 4.69) is 17.4 Å². The van der Waals surface area contributed by atoms with Crippen molar-refractivity contribution < 1.29 is 19.4 Å². The first-order valence-corrected chi connectivity index (χ1v) is 14.7. The minimum Gasteiger partial charge on any atom is -0.394 e. The highest BCUT2D eigenvalue weighted by atomic mass is 16.5. The molecular weight excluding hydrogens is 538 g/mol. The molecule has 0 saturated heterocycles. The van der Waals surface area contributed by atoms with Gasteiger partial charge in [-0.05, 0) is 52.9 Å². The largest absolute Gasteiger partial charge is 0.394 e. The number of nitrogens with zero attached hydrogens (tertiary/aromatic N) is 2. The molecular formula is C36H39N3O4. The van der Waals surface area contributed by atoms with Crippen LogP contribution in [0.5, 0.6) is 0 Å². The average Bonchev–Trinajstić information content (AvgIpc) is 3.06. The number of hydrogen-bond acceptors (Lipinski definition) is 4. The second-order valence-corrected chi connectivity index (χ2v) is 11.3.